The number of H-pyrrole nitrogens is 1. The number of hydrogen-bond donors (Lipinski definition) is 2. The highest BCUT2D eigenvalue weighted by atomic mass is 79.9. The molecule has 1 atom stereocenters. The van der Waals surface area contributed by atoms with Gasteiger partial charge in [0.25, 0.3) is 5.56 Å². The van der Waals surface area contributed by atoms with Crippen molar-refractivity contribution in [3.05, 3.63) is 55.4 Å². The number of thioether (sulfide) groups is 1. The van der Waals surface area contributed by atoms with Crippen LogP contribution < -0.4 is 10.9 Å². The predicted octanol–water partition coefficient (Wildman–Crippen LogP) is 4.62. The van der Waals surface area contributed by atoms with Gasteiger partial charge in [0.05, 0.1) is 22.1 Å². The van der Waals surface area contributed by atoms with Crippen molar-refractivity contribution in [3.63, 3.8) is 0 Å². The Balaban J connectivity index is 1.68. The summed E-state index contributed by atoms with van der Waals surface area (Å²) in [6.07, 6.45) is 0. The highest BCUT2D eigenvalue weighted by molar-refractivity contribution is 9.10. The molecule has 0 saturated carbocycles. The van der Waals surface area contributed by atoms with Crippen molar-refractivity contribution in [1.82, 2.24) is 9.97 Å². The Morgan fingerprint density at radius 2 is 2.12 bits per heavy atom. The summed E-state index contributed by atoms with van der Waals surface area (Å²) in [4.78, 5) is 33.9. The average molecular weight is 452 g/mol. The maximum atomic E-state index is 12.4. The number of amides is 1. The standard InChI is InChI=1S/C18H18BrN3O2S2/c1-9-10(2)26-18-15(9)17(24)21-14(22-18)8-25-11(3)16(23)20-13-7-5-4-6-12(13)19/h4-7,11H,8H2,1-3H3,(H,20,23)(H,21,22,24). The monoisotopic (exact) mass is 451 g/mol. The van der Waals surface area contributed by atoms with E-state index in [9.17, 15) is 9.59 Å². The number of thiophene rings is 1. The van der Waals surface area contributed by atoms with Crippen LogP contribution in [-0.2, 0) is 10.5 Å². The molecular weight excluding hydrogens is 434 g/mol. The molecule has 0 saturated heterocycles. The number of nitrogens with zero attached hydrogens (tertiary/aromatic N) is 1. The molecular formula is C18H18BrN3O2S2. The number of carbonyl (C=O) groups is 1. The van der Waals surface area contributed by atoms with E-state index in [0.717, 1.165) is 25.4 Å². The topological polar surface area (TPSA) is 74.8 Å². The van der Waals surface area contributed by atoms with Crippen molar-refractivity contribution in [1.29, 1.82) is 0 Å². The first kappa shape index (κ1) is 19.1. The number of benzene rings is 1. The summed E-state index contributed by atoms with van der Waals surface area (Å²) < 4.78 is 0.838. The largest absolute Gasteiger partial charge is 0.324 e. The lowest BCUT2D eigenvalue weighted by Crippen LogP contribution is -2.23. The summed E-state index contributed by atoms with van der Waals surface area (Å²) in [5.41, 5.74) is 1.61. The summed E-state index contributed by atoms with van der Waals surface area (Å²) >= 11 is 6.38. The summed E-state index contributed by atoms with van der Waals surface area (Å²) in [5.74, 6) is 0.966. The normalized spacial score (nSPS) is 12.3. The number of anilines is 1. The van der Waals surface area contributed by atoms with Crippen LogP contribution in [0.3, 0.4) is 0 Å². The number of hydrogen-bond acceptors (Lipinski definition) is 5. The van der Waals surface area contributed by atoms with Gasteiger partial charge in [0.1, 0.15) is 10.7 Å². The molecule has 0 aliphatic carbocycles. The fourth-order valence-corrected chi connectivity index (χ4v) is 4.63. The number of aryl methyl sites for hydroxylation is 2. The van der Waals surface area contributed by atoms with E-state index in [0.29, 0.717) is 17.0 Å². The Morgan fingerprint density at radius 1 is 1.38 bits per heavy atom. The van der Waals surface area contributed by atoms with Gasteiger partial charge in [-0.3, -0.25) is 9.59 Å². The Morgan fingerprint density at radius 3 is 2.85 bits per heavy atom. The lowest BCUT2D eigenvalue weighted by Gasteiger charge is -2.12. The molecule has 1 unspecified atom stereocenters. The Hall–Kier alpha value is -1.64. The van der Waals surface area contributed by atoms with Crippen LogP contribution in [0.25, 0.3) is 10.2 Å². The molecule has 0 aliphatic heterocycles. The fraction of sp³-hybridized carbons (Fsp3) is 0.278. The molecule has 2 aromatic heterocycles. The zero-order valence-electron chi connectivity index (χ0n) is 14.6. The quantitative estimate of drug-likeness (QED) is 0.592. The molecule has 2 heterocycles. The van der Waals surface area contributed by atoms with Crippen molar-refractivity contribution >= 4 is 60.8 Å². The zero-order chi connectivity index (χ0) is 18.8. The van der Waals surface area contributed by atoms with Gasteiger partial charge in [0.2, 0.25) is 5.91 Å². The third kappa shape index (κ3) is 4.02. The van der Waals surface area contributed by atoms with E-state index in [1.165, 1.54) is 23.1 Å². The first-order chi connectivity index (χ1) is 12.4. The molecule has 0 aliphatic rings. The Bertz CT molecular complexity index is 1030. The number of carbonyl (C=O) groups excluding carboxylic acids is 1. The Kier molecular flexibility index (Phi) is 5.84. The molecule has 5 nitrogen and oxygen atoms in total. The van der Waals surface area contributed by atoms with Gasteiger partial charge in [0.15, 0.2) is 0 Å². The van der Waals surface area contributed by atoms with Crippen LogP contribution in [-0.4, -0.2) is 21.1 Å². The van der Waals surface area contributed by atoms with E-state index < -0.39 is 0 Å². The van der Waals surface area contributed by atoms with Crippen LogP contribution in [0, 0.1) is 13.8 Å². The smallest absolute Gasteiger partial charge is 0.259 e. The molecule has 8 heteroatoms. The van der Waals surface area contributed by atoms with Crippen molar-refractivity contribution in [3.8, 4) is 0 Å². The number of aromatic amines is 1. The lowest BCUT2D eigenvalue weighted by molar-refractivity contribution is -0.115. The molecule has 3 rings (SSSR count). The average Bonchev–Trinajstić information content (AvgIpc) is 2.89. The number of aromatic nitrogens is 2. The van der Waals surface area contributed by atoms with Gasteiger partial charge in [-0.2, -0.15) is 0 Å². The first-order valence-corrected chi connectivity index (χ1v) is 10.7. The summed E-state index contributed by atoms with van der Waals surface area (Å²) in [6, 6.07) is 7.48. The Labute approximate surface area is 167 Å². The predicted molar refractivity (Wildman–Crippen MR) is 113 cm³/mol. The summed E-state index contributed by atoms with van der Waals surface area (Å²) in [5, 5.41) is 3.29. The van der Waals surface area contributed by atoms with Crippen LogP contribution in [0.4, 0.5) is 5.69 Å². The number of halogens is 1. The van der Waals surface area contributed by atoms with Crippen LogP contribution in [0.15, 0.2) is 33.5 Å². The van der Waals surface area contributed by atoms with Gasteiger partial charge in [-0.05, 0) is 54.4 Å². The highest BCUT2D eigenvalue weighted by Gasteiger charge is 2.17. The van der Waals surface area contributed by atoms with Crippen LogP contribution in [0.5, 0.6) is 0 Å². The lowest BCUT2D eigenvalue weighted by atomic mass is 10.2. The van der Waals surface area contributed by atoms with Crippen LogP contribution in [0.2, 0.25) is 0 Å². The van der Waals surface area contributed by atoms with Gasteiger partial charge in [-0.25, -0.2) is 4.98 Å². The third-order valence-corrected chi connectivity index (χ3v) is 7.01. The molecule has 0 spiro atoms. The van der Waals surface area contributed by atoms with E-state index in [-0.39, 0.29) is 16.7 Å². The molecule has 1 amide bonds. The van der Waals surface area contributed by atoms with Gasteiger partial charge in [0, 0.05) is 9.35 Å². The van der Waals surface area contributed by atoms with E-state index in [1.54, 1.807) is 0 Å². The summed E-state index contributed by atoms with van der Waals surface area (Å²) in [6.45, 7) is 5.77. The second-order valence-electron chi connectivity index (χ2n) is 5.90. The minimum Gasteiger partial charge on any atom is -0.324 e. The number of rotatable bonds is 5. The maximum absolute atomic E-state index is 12.4. The first-order valence-electron chi connectivity index (χ1n) is 8.02. The van der Waals surface area contributed by atoms with Gasteiger partial charge in [-0.1, -0.05) is 12.1 Å². The summed E-state index contributed by atoms with van der Waals surface area (Å²) in [7, 11) is 0. The second kappa shape index (κ2) is 7.94. The molecule has 3 aromatic rings. The van der Waals surface area contributed by atoms with Gasteiger partial charge < -0.3 is 10.3 Å². The highest BCUT2D eigenvalue weighted by Crippen LogP contribution is 2.27. The van der Waals surface area contributed by atoms with Crippen molar-refractivity contribution in [2.24, 2.45) is 0 Å². The van der Waals surface area contributed by atoms with E-state index in [1.807, 2.05) is 45.0 Å². The maximum Gasteiger partial charge on any atom is 0.259 e. The number of nitrogens with one attached hydrogen (secondary N) is 2. The minimum absolute atomic E-state index is 0.0897. The van der Waals surface area contributed by atoms with Crippen molar-refractivity contribution in [2.75, 3.05) is 5.32 Å². The molecule has 2 N–H and O–H groups in total. The number of para-hydroxylation sites is 1. The van der Waals surface area contributed by atoms with E-state index >= 15 is 0 Å². The van der Waals surface area contributed by atoms with Crippen molar-refractivity contribution in [2.45, 2.75) is 31.8 Å². The van der Waals surface area contributed by atoms with E-state index in [2.05, 4.69) is 31.2 Å². The molecule has 1 aromatic carbocycles. The molecule has 0 bridgehead atoms. The molecule has 136 valence electrons. The van der Waals surface area contributed by atoms with Gasteiger partial charge in [-0.15, -0.1) is 23.1 Å². The van der Waals surface area contributed by atoms with Crippen LogP contribution >= 0.6 is 39.0 Å². The second-order valence-corrected chi connectivity index (χ2v) is 9.28. The number of fused-ring (bicyclic) bond motifs is 1. The van der Waals surface area contributed by atoms with E-state index in [4.69, 9.17) is 0 Å². The molecule has 26 heavy (non-hydrogen) atoms. The van der Waals surface area contributed by atoms with Crippen molar-refractivity contribution < 1.29 is 4.79 Å². The molecule has 0 radical (unpaired) electrons. The zero-order valence-corrected chi connectivity index (χ0v) is 17.8. The SMILES string of the molecule is Cc1sc2nc(CSC(C)C(=O)Nc3ccccc3Br)[nH]c(=O)c2c1C. The third-order valence-electron chi connectivity index (χ3n) is 4.06. The molecule has 0 fully saturated rings. The fourth-order valence-electron chi connectivity index (χ4n) is 2.44. The minimum atomic E-state index is -0.282. The van der Waals surface area contributed by atoms with Crippen LogP contribution in [0.1, 0.15) is 23.2 Å². The van der Waals surface area contributed by atoms with Gasteiger partial charge >= 0.3 is 0 Å².